The first kappa shape index (κ1) is 14.5. The highest BCUT2D eigenvalue weighted by molar-refractivity contribution is 9.10. The van der Waals surface area contributed by atoms with Gasteiger partial charge >= 0.3 is 5.97 Å². The molecule has 0 aliphatic carbocycles. The van der Waals surface area contributed by atoms with Crippen LogP contribution in [0, 0.1) is 0 Å². The molecule has 0 unspecified atom stereocenters. The SMILES string of the molecule is O=C(CN1CCCC1=O)Nc1cc(Br)ccc1C(=O)O. The number of carbonyl (C=O) groups is 3. The maximum absolute atomic E-state index is 11.9. The van der Waals surface area contributed by atoms with Crippen molar-refractivity contribution in [1.82, 2.24) is 4.90 Å². The van der Waals surface area contributed by atoms with E-state index in [4.69, 9.17) is 5.11 Å². The molecule has 2 rings (SSSR count). The number of carbonyl (C=O) groups excluding carboxylic acids is 2. The molecule has 2 N–H and O–H groups in total. The summed E-state index contributed by atoms with van der Waals surface area (Å²) in [7, 11) is 0. The predicted octanol–water partition coefficient (Wildman–Crippen LogP) is 1.71. The van der Waals surface area contributed by atoms with E-state index < -0.39 is 11.9 Å². The lowest BCUT2D eigenvalue weighted by molar-refractivity contribution is -0.131. The molecule has 106 valence electrons. The number of carboxylic acids is 1. The van der Waals surface area contributed by atoms with Gasteiger partial charge in [-0.05, 0) is 24.6 Å². The summed E-state index contributed by atoms with van der Waals surface area (Å²) >= 11 is 3.22. The summed E-state index contributed by atoms with van der Waals surface area (Å²) in [6.45, 7) is 0.515. The van der Waals surface area contributed by atoms with Gasteiger partial charge in [0.05, 0.1) is 17.8 Å². The highest BCUT2D eigenvalue weighted by Gasteiger charge is 2.23. The standard InChI is InChI=1S/C13H13BrN2O4/c14-8-3-4-9(13(19)20)10(6-8)15-11(17)7-16-5-1-2-12(16)18/h3-4,6H,1-2,5,7H2,(H,15,17)(H,19,20). The molecule has 6 nitrogen and oxygen atoms in total. The lowest BCUT2D eigenvalue weighted by Crippen LogP contribution is -2.34. The van der Waals surface area contributed by atoms with Crippen LogP contribution in [0.1, 0.15) is 23.2 Å². The Labute approximate surface area is 123 Å². The third-order valence-corrected chi connectivity index (χ3v) is 3.49. The first-order valence-electron chi connectivity index (χ1n) is 6.08. The summed E-state index contributed by atoms with van der Waals surface area (Å²) in [6.07, 6.45) is 1.22. The number of amides is 2. The second kappa shape index (κ2) is 6.04. The molecule has 0 saturated carbocycles. The average molecular weight is 341 g/mol. The molecule has 7 heteroatoms. The third-order valence-electron chi connectivity index (χ3n) is 2.99. The molecular formula is C13H13BrN2O4. The summed E-state index contributed by atoms with van der Waals surface area (Å²) < 4.78 is 0.662. The average Bonchev–Trinajstić information content (AvgIpc) is 2.74. The van der Waals surface area contributed by atoms with Gasteiger partial charge in [0.15, 0.2) is 0 Å². The monoisotopic (exact) mass is 340 g/mol. The van der Waals surface area contributed by atoms with E-state index in [1.165, 1.54) is 17.0 Å². The van der Waals surface area contributed by atoms with Crippen LogP contribution in [0.2, 0.25) is 0 Å². The van der Waals surface area contributed by atoms with Crippen LogP contribution in [0.5, 0.6) is 0 Å². The van der Waals surface area contributed by atoms with E-state index in [-0.39, 0.29) is 23.7 Å². The number of rotatable bonds is 4. The van der Waals surface area contributed by atoms with Gasteiger partial charge in [-0.2, -0.15) is 0 Å². The Balaban J connectivity index is 2.09. The summed E-state index contributed by atoms with van der Waals surface area (Å²) in [4.78, 5) is 35.9. The number of nitrogens with one attached hydrogen (secondary N) is 1. The Morgan fingerprint density at radius 2 is 2.15 bits per heavy atom. The molecule has 0 atom stereocenters. The summed E-state index contributed by atoms with van der Waals surface area (Å²) in [5.74, 6) is -1.57. The maximum Gasteiger partial charge on any atom is 0.337 e. The van der Waals surface area contributed by atoms with Crippen LogP contribution in [0.15, 0.2) is 22.7 Å². The molecule has 1 aromatic carbocycles. The second-order valence-corrected chi connectivity index (χ2v) is 5.38. The van der Waals surface area contributed by atoms with E-state index in [0.717, 1.165) is 6.42 Å². The summed E-state index contributed by atoms with van der Waals surface area (Å²) in [5, 5.41) is 11.6. The van der Waals surface area contributed by atoms with Crippen LogP contribution in [-0.2, 0) is 9.59 Å². The first-order chi connectivity index (χ1) is 9.47. The quantitative estimate of drug-likeness (QED) is 0.873. The van der Waals surface area contributed by atoms with E-state index in [1.54, 1.807) is 6.07 Å². The molecule has 1 saturated heterocycles. The van der Waals surface area contributed by atoms with Gasteiger partial charge in [-0.3, -0.25) is 9.59 Å². The number of nitrogens with zero attached hydrogens (tertiary/aromatic N) is 1. The highest BCUT2D eigenvalue weighted by Crippen LogP contribution is 2.21. The number of aromatic carboxylic acids is 1. The van der Waals surface area contributed by atoms with Crippen LogP contribution in [0.4, 0.5) is 5.69 Å². The molecule has 0 radical (unpaired) electrons. The molecular weight excluding hydrogens is 328 g/mol. The van der Waals surface area contributed by atoms with Crippen LogP contribution in [-0.4, -0.2) is 40.9 Å². The minimum absolute atomic E-state index is 0.00861. The lowest BCUT2D eigenvalue weighted by atomic mass is 10.2. The highest BCUT2D eigenvalue weighted by atomic mass is 79.9. The van der Waals surface area contributed by atoms with Gasteiger partial charge in [0.25, 0.3) is 0 Å². The topological polar surface area (TPSA) is 86.7 Å². The molecule has 1 aliphatic heterocycles. The number of hydrogen-bond donors (Lipinski definition) is 2. The van der Waals surface area contributed by atoms with Crippen molar-refractivity contribution in [2.45, 2.75) is 12.8 Å². The first-order valence-corrected chi connectivity index (χ1v) is 6.87. The number of halogens is 1. The number of likely N-dealkylation sites (tertiary alicyclic amines) is 1. The molecule has 1 heterocycles. The van der Waals surface area contributed by atoms with E-state index >= 15 is 0 Å². The minimum atomic E-state index is -1.12. The number of benzene rings is 1. The van der Waals surface area contributed by atoms with Crippen LogP contribution >= 0.6 is 15.9 Å². The van der Waals surface area contributed by atoms with Crippen molar-refractivity contribution in [3.8, 4) is 0 Å². The predicted molar refractivity (Wildman–Crippen MR) is 75.5 cm³/mol. The lowest BCUT2D eigenvalue weighted by Gasteiger charge is -2.15. The van der Waals surface area contributed by atoms with E-state index in [2.05, 4.69) is 21.2 Å². The largest absolute Gasteiger partial charge is 0.478 e. The van der Waals surface area contributed by atoms with Crippen LogP contribution in [0.25, 0.3) is 0 Å². The van der Waals surface area contributed by atoms with Gasteiger partial charge in [-0.25, -0.2) is 4.79 Å². The van der Waals surface area contributed by atoms with E-state index in [1.807, 2.05) is 0 Å². The van der Waals surface area contributed by atoms with Gasteiger partial charge in [0.1, 0.15) is 0 Å². The Hall–Kier alpha value is -1.89. The van der Waals surface area contributed by atoms with Crippen LogP contribution in [0.3, 0.4) is 0 Å². The Kier molecular flexibility index (Phi) is 4.39. The van der Waals surface area contributed by atoms with Gasteiger partial charge < -0.3 is 15.3 Å². The summed E-state index contributed by atoms with van der Waals surface area (Å²) in [6, 6.07) is 4.51. The zero-order valence-electron chi connectivity index (χ0n) is 10.6. The number of hydrogen-bond acceptors (Lipinski definition) is 3. The molecule has 0 spiro atoms. The van der Waals surface area contributed by atoms with Crippen molar-refractivity contribution in [2.24, 2.45) is 0 Å². The molecule has 1 aromatic rings. The van der Waals surface area contributed by atoms with E-state index in [9.17, 15) is 14.4 Å². The van der Waals surface area contributed by atoms with Gasteiger partial charge in [0, 0.05) is 17.4 Å². The Bertz CT molecular complexity index is 573. The fraction of sp³-hybridized carbons (Fsp3) is 0.308. The zero-order chi connectivity index (χ0) is 14.7. The van der Waals surface area contributed by atoms with Gasteiger partial charge in [-0.15, -0.1) is 0 Å². The Morgan fingerprint density at radius 1 is 1.40 bits per heavy atom. The molecule has 1 aliphatic rings. The van der Waals surface area contributed by atoms with Gasteiger partial charge in [-0.1, -0.05) is 15.9 Å². The van der Waals surface area contributed by atoms with Crippen LogP contribution < -0.4 is 5.32 Å². The smallest absolute Gasteiger partial charge is 0.337 e. The van der Waals surface area contributed by atoms with E-state index in [0.29, 0.717) is 17.4 Å². The molecule has 0 aromatic heterocycles. The van der Waals surface area contributed by atoms with Crippen molar-refractivity contribution in [1.29, 1.82) is 0 Å². The zero-order valence-corrected chi connectivity index (χ0v) is 12.1. The Morgan fingerprint density at radius 3 is 2.75 bits per heavy atom. The molecule has 0 bridgehead atoms. The number of carboxylic acid groups (broad SMARTS) is 1. The van der Waals surface area contributed by atoms with Crippen molar-refractivity contribution in [2.75, 3.05) is 18.4 Å². The van der Waals surface area contributed by atoms with Crippen molar-refractivity contribution in [3.05, 3.63) is 28.2 Å². The minimum Gasteiger partial charge on any atom is -0.478 e. The normalized spacial score (nSPS) is 14.4. The third kappa shape index (κ3) is 3.36. The fourth-order valence-corrected chi connectivity index (χ4v) is 2.40. The fourth-order valence-electron chi connectivity index (χ4n) is 2.04. The van der Waals surface area contributed by atoms with Gasteiger partial charge in [0.2, 0.25) is 11.8 Å². The van der Waals surface area contributed by atoms with Crippen molar-refractivity contribution < 1.29 is 19.5 Å². The van der Waals surface area contributed by atoms with Crippen molar-refractivity contribution >= 4 is 39.4 Å². The molecule has 20 heavy (non-hydrogen) atoms. The summed E-state index contributed by atoms with van der Waals surface area (Å²) in [5.41, 5.74) is 0.220. The number of anilines is 1. The second-order valence-electron chi connectivity index (χ2n) is 4.46. The maximum atomic E-state index is 11.9. The molecule has 1 fully saturated rings. The molecule has 2 amide bonds. The van der Waals surface area contributed by atoms with Crippen molar-refractivity contribution in [3.63, 3.8) is 0 Å².